The van der Waals surface area contributed by atoms with Gasteiger partial charge in [0, 0.05) is 11.5 Å². The molecule has 130 valence electrons. The van der Waals surface area contributed by atoms with Crippen LogP contribution in [0.1, 0.15) is 30.6 Å². The van der Waals surface area contributed by atoms with Crippen molar-refractivity contribution >= 4 is 17.7 Å². The number of hydrogen-bond donors (Lipinski definition) is 3. The lowest BCUT2D eigenvalue weighted by Gasteiger charge is -2.18. The molecule has 1 heterocycles. The van der Waals surface area contributed by atoms with Crippen molar-refractivity contribution in [1.82, 2.24) is 16.2 Å². The summed E-state index contributed by atoms with van der Waals surface area (Å²) < 4.78 is 10.8. The number of carbonyl (C=O) groups is 3. The normalized spacial score (nSPS) is 13.6. The highest BCUT2D eigenvalue weighted by atomic mass is 16.6. The number of fused-ring (bicyclic) bond motifs is 1. The molecule has 0 saturated heterocycles. The van der Waals surface area contributed by atoms with Crippen molar-refractivity contribution < 1.29 is 23.9 Å². The Morgan fingerprint density at radius 1 is 1.12 bits per heavy atom. The van der Waals surface area contributed by atoms with E-state index >= 15 is 0 Å². The first kappa shape index (κ1) is 17.6. The van der Waals surface area contributed by atoms with Crippen LogP contribution in [0.15, 0.2) is 18.2 Å². The lowest BCUT2D eigenvalue weighted by molar-refractivity contribution is -0.128. The fraction of sp³-hybridized carbons (Fsp3) is 0.438. The molecule has 0 aromatic heterocycles. The van der Waals surface area contributed by atoms with Gasteiger partial charge in [0.1, 0.15) is 13.2 Å². The number of amides is 3. The molecule has 2 rings (SSSR count). The largest absolute Gasteiger partial charge is 0.486 e. The number of nitrogens with one attached hydrogen (secondary N) is 3. The van der Waals surface area contributed by atoms with Gasteiger partial charge in [-0.3, -0.25) is 25.2 Å². The molecule has 1 atom stereocenters. The van der Waals surface area contributed by atoms with Crippen LogP contribution >= 0.6 is 0 Å². The van der Waals surface area contributed by atoms with Crippen LogP contribution < -0.4 is 25.6 Å². The molecule has 1 aliphatic rings. The van der Waals surface area contributed by atoms with Gasteiger partial charge in [0.05, 0.1) is 6.54 Å². The third-order valence-electron chi connectivity index (χ3n) is 3.60. The van der Waals surface area contributed by atoms with E-state index in [1.165, 1.54) is 0 Å². The lowest BCUT2D eigenvalue weighted by atomic mass is 10.1. The standard InChI is InChI=1S/C16H21N3O5/c1-3-10(2)15(21)17-9-14(20)18-19-16(22)11-4-5-12-13(8-11)24-7-6-23-12/h4-5,8,10H,3,6-7,9H2,1-2H3,(H,17,21)(H,18,20)(H,19,22). The highest BCUT2D eigenvalue weighted by Crippen LogP contribution is 2.30. The highest BCUT2D eigenvalue weighted by Gasteiger charge is 2.16. The van der Waals surface area contributed by atoms with Gasteiger partial charge in [0.2, 0.25) is 5.91 Å². The number of hydrazine groups is 1. The van der Waals surface area contributed by atoms with E-state index in [4.69, 9.17) is 9.47 Å². The fourth-order valence-electron chi connectivity index (χ4n) is 1.95. The monoisotopic (exact) mass is 335 g/mol. The molecule has 0 spiro atoms. The predicted molar refractivity (Wildman–Crippen MR) is 85.5 cm³/mol. The molecule has 0 aliphatic carbocycles. The van der Waals surface area contributed by atoms with Crippen LogP contribution in [0.5, 0.6) is 11.5 Å². The van der Waals surface area contributed by atoms with Gasteiger partial charge in [0.15, 0.2) is 11.5 Å². The Labute approximate surface area is 139 Å². The Morgan fingerprint density at radius 3 is 2.54 bits per heavy atom. The summed E-state index contributed by atoms with van der Waals surface area (Å²) in [6.07, 6.45) is 0.689. The second-order valence-electron chi connectivity index (χ2n) is 5.39. The van der Waals surface area contributed by atoms with Gasteiger partial charge in [-0.1, -0.05) is 13.8 Å². The minimum Gasteiger partial charge on any atom is -0.486 e. The molecule has 1 aromatic carbocycles. The molecule has 0 radical (unpaired) electrons. The van der Waals surface area contributed by atoms with Gasteiger partial charge < -0.3 is 14.8 Å². The van der Waals surface area contributed by atoms with E-state index in [0.29, 0.717) is 36.7 Å². The van der Waals surface area contributed by atoms with E-state index in [0.717, 1.165) is 0 Å². The molecule has 8 nitrogen and oxygen atoms in total. The van der Waals surface area contributed by atoms with Gasteiger partial charge in [0.25, 0.3) is 11.8 Å². The van der Waals surface area contributed by atoms with Gasteiger partial charge in [-0.15, -0.1) is 0 Å². The summed E-state index contributed by atoms with van der Waals surface area (Å²) in [6.45, 7) is 4.35. The van der Waals surface area contributed by atoms with Crippen molar-refractivity contribution in [3.63, 3.8) is 0 Å². The summed E-state index contributed by atoms with van der Waals surface area (Å²) in [5.74, 6) is -0.308. The zero-order valence-corrected chi connectivity index (χ0v) is 13.7. The Kier molecular flexibility index (Phi) is 6.00. The molecular weight excluding hydrogens is 314 g/mol. The Morgan fingerprint density at radius 2 is 1.83 bits per heavy atom. The summed E-state index contributed by atoms with van der Waals surface area (Å²) in [5.41, 5.74) is 4.86. The highest BCUT2D eigenvalue weighted by molar-refractivity contribution is 5.96. The van der Waals surface area contributed by atoms with Crippen LogP contribution in [0.25, 0.3) is 0 Å². The molecule has 24 heavy (non-hydrogen) atoms. The molecule has 8 heteroatoms. The molecular formula is C16H21N3O5. The molecule has 0 fully saturated rings. The van der Waals surface area contributed by atoms with Gasteiger partial charge in [-0.05, 0) is 24.6 Å². The molecule has 1 unspecified atom stereocenters. The third-order valence-corrected chi connectivity index (χ3v) is 3.60. The SMILES string of the molecule is CCC(C)C(=O)NCC(=O)NNC(=O)c1ccc2c(c1)OCCO2. The van der Waals surface area contributed by atoms with Gasteiger partial charge >= 0.3 is 0 Å². The first-order chi connectivity index (χ1) is 11.5. The van der Waals surface area contributed by atoms with Crippen molar-refractivity contribution in [2.75, 3.05) is 19.8 Å². The predicted octanol–water partition coefficient (Wildman–Crippen LogP) is 0.381. The van der Waals surface area contributed by atoms with Crippen LogP contribution in [0.4, 0.5) is 0 Å². The number of hydrogen-bond acceptors (Lipinski definition) is 5. The Bertz CT molecular complexity index is 632. The first-order valence-electron chi connectivity index (χ1n) is 7.77. The van der Waals surface area contributed by atoms with E-state index < -0.39 is 11.8 Å². The second-order valence-corrected chi connectivity index (χ2v) is 5.39. The molecule has 3 N–H and O–H groups in total. The van der Waals surface area contributed by atoms with Gasteiger partial charge in [-0.2, -0.15) is 0 Å². The van der Waals surface area contributed by atoms with Crippen molar-refractivity contribution in [1.29, 1.82) is 0 Å². The Hall–Kier alpha value is -2.77. The summed E-state index contributed by atoms with van der Waals surface area (Å²) in [4.78, 5) is 35.2. The van der Waals surface area contributed by atoms with Crippen LogP contribution in [0.2, 0.25) is 0 Å². The van der Waals surface area contributed by atoms with Crippen molar-refractivity contribution in [3.8, 4) is 11.5 Å². The minimum absolute atomic E-state index is 0.162. The molecule has 1 aliphatic heterocycles. The zero-order chi connectivity index (χ0) is 17.5. The lowest BCUT2D eigenvalue weighted by Crippen LogP contribution is -2.47. The fourth-order valence-corrected chi connectivity index (χ4v) is 1.95. The number of benzene rings is 1. The molecule has 0 saturated carbocycles. The molecule has 1 aromatic rings. The van der Waals surface area contributed by atoms with Gasteiger partial charge in [-0.25, -0.2) is 0 Å². The van der Waals surface area contributed by atoms with E-state index in [1.807, 2.05) is 6.92 Å². The number of carbonyl (C=O) groups excluding carboxylic acids is 3. The molecule has 3 amide bonds. The average Bonchev–Trinajstić information content (AvgIpc) is 2.62. The first-order valence-corrected chi connectivity index (χ1v) is 7.77. The second kappa shape index (κ2) is 8.19. The van der Waals surface area contributed by atoms with Crippen LogP contribution in [0.3, 0.4) is 0 Å². The van der Waals surface area contributed by atoms with E-state index in [2.05, 4.69) is 16.2 Å². The summed E-state index contributed by atoms with van der Waals surface area (Å²) in [7, 11) is 0. The quantitative estimate of drug-likeness (QED) is 0.675. The Balaban J connectivity index is 1.80. The summed E-state index contributed by atoms with van der Waals surface area (Å²) in [6, 6.07) is 4.75. The maximum Gasteiger partial charge on any atom is 0.269 e. The smallest absolute Gasteiger partial charge is 0.269 e. The third kappa shape index (κ3) is 4.61. The number of rotatable bonds is 5. The number of ether oxygens (including phenoxy) is 2. The van der Waals surface area contributed by atoms with Crippen LogP contribution in [-0.4, -0.2) is 37.5 Å². The van der Waals surface area contributed by atoms with E-state index in [-0.39, 0.29) is 18.4 Å². The van der Waals surface area contributed by atoms with Crippen LogP contribution in [-0.2, 0) is 9.59 Å². The minimum atomic E-state index is -0.516. The van der Waals surface area contributed by atoms with Crippen molar-refractivity contribution in [2.24, 2.45) is 5.92 Å². The topological polar surface area (TPSA) is 106 Å². The van der Waals surface area contributed by atoms with Crippen LogP contribution in [0, 0.1) is 5.92 Å². The van der Waals surface area contributed by atoms with Crippen molar-refractivity contribution in [3.05, 3.63) is 23.8 Å². The maximum absolute atomic E-state index is 12.0. The van der Waals surface area contributed by atoms with E-state index in [1.54, 1.807) is 25.1 Å². The molecule has 0 bridgehead atoms. The summed E-state index contributed by atoms with van der Waals surface area (Å²) in [5, 5.41) is 2.50. The van der Waals surface area contributed by atoms with Crippen molar-refractivity contribution in [2.45, 2.75) is 20.3 Å². The van der Waals surface area contributed by atoms with E-state index in [9.17, 15) is 14.4 Å². The maximum atomic E-state index is 12.0. The summed E-state index contributed by atoms with van der Waals surface area (Å²) >= 11 is 0. The zero-order valence-electron chi connectivity index (χ0n) is 13.7. The average molecular weight is 335 g/mol.